The normalized spacial score (nSPS) is 15.3. The first-order valence-corrected chi connectivity index (χ1v) is 9.01. The Balaban J connectivity index is 1.51. The van der Waals surface area contributed by atoms with Crippen LogP contribution in [-0.2, 0) is 4.79 Å². The smallest absolute Gasteiger partial charge is 0.238 e. The number of rotatable bonds is 4. The van der Waals surface area contributed by atoms with Gasteiger partial charge in [-0.25, -0.2) is 0 Å². The fourth-order valence-corrected chi connectivity index (χ4v) is 3.36. The van der Waals surface area contributed by atoms with Crippen molar-refractivity contribution < 1.29 is 9.90 Å². The van der Waals surface area contributed by atoms with Crippen molar-refractivity contribution in [3.8, 4) is 5.75 Å². The van der Waals surface area contributed by atoms with Gasteiger partial charge in [-0.15, -0.1) is 0 Å². The summed E-state index contributed by atoms with van der Waals surface area (Å²) in [6.45, 7) is 3.59. The van der Waals surface area contributed by atoms with Crippen molar-refractivity contribution >= 4 is 39.9 Å². The molecule has 0 aliphatic carbocycles. The topological polar surface area (TPSA) is 55.8 Å². The van der Waals surface area contributed by atoms with E-state index in [1.54, 1.807) is 6.07 Å². The number of benzene rings is 2. The second kappa shape index (κ2) is 7.85. The van der Waals surface area contributed by atoms with Gasteiger partial charge in [0.2, 0.25) is 5.91 Å². The lowest BCUT2D eigenvalue weighted by atomic mass is 10.2. The summed E-state index contributed by atoms with van der Waals surface area (Å²) in [5.74, 6) is 0.317. The number of carbonyl (C=O) groups excluding carboxylic acids is 1. The van der Waals surface area contributed by atoms with Gasteiger partial charge in [0.1, 0.15) is 5.75 Å². The van der Waals surface area contributed by atoms with E-state index in [4.69, 9.17) is 0 Å². The third kappa shape index (κ3) is 4.18. The lowest BCUT2D eigenvalue weighted by molar-refractivity contribution is -0.117. The van der Waals surface area contributed by atoms with Crippen molar-refractivity contribution in [2.24, 2.45) is 0 Å². The van der Waals surface area contributed by atoms with Crippen LogP contribution in [0.4, 0.5) is 11.4 Å². The number of hydrogen-bond acceptors (Lipinski definition) is 4. The maximum atomic E-state index is 12.2. The van der Waals surface area contributed by atoms with E-state index in [2.05, 4.69) is 37.7 Å². The molecule has 0 atom stereocenters. The van der Waals surface area contributed by atoms with Crippen molar-refractivity contribution in [2.75, 3.05) is 42.9 Å². The molecule has 2 N–H and O–H groups in total. The molecule has 1 saturated heterocycles. The zero-order valence-electron chi connectivity index (χ0n) is 13.3. The third-order valence-electron chi connectivity index (χ3n) is 4.11. The number of piperazine rings is 1. The fourth-order valence-electron chi connectivity index (χ4n) is 2.83. The number of aromatic hydroxyl groups is 1. The SMILES string of the molecule is O=C(CN1CCN(c2ccccc2O)CC1)Nc1ccccc1I. The molecule has 0 unspecified atom stereocenters. The molecule has 0 aromatic heterocycles. The first-order valence-electron chi connectivity index (χ1n) is 7.93. The zero-order valence-corrected chi connectivity index (χ0v) is 15.4. The van der Waals surface area contributed by atoms with E-state index in [-0.39, 0.29) is 5.91 Å². The largest absolute Gasteiger partial charge is 0.506 e. The molecule has 1 aliphatic rings. The predicted molar refractivity (Wildman–Crippen MR) is 105 cm³/mol. The Bertz CT molecular complexity index is 715. The van der Waals surface area contributed by atoms with E-state index in [0.29, 0.717) is 12.3 Å². The number of phenols is 1. The number of halogens is 1. The number of para-hydroxylation sites is 3. The van der Waals surface area contributed by atoms with Crippen LogP contribution < -0.4 is 10.2 Å². The number of carbonyl (C=O) groups is 1. The van der Waals surface area contributed by atoms with Crippen LogP contribution in [0.5, 0.6) is 5.75 Å². The van der Waals surface area contributed by atoms with Crippen LogP contribution in [0.2, 0.25) is 0 Å². The Kier molecular flexibility index (Phi) is 5.57. The average molecular weight is 437 g/mol. The van der Waals surface area contributed by atoms with Gasteiger partial charge in [-0.2, -0.15) is 0 Å². The highest BCUT2D eigenvalue weighted by Crippen LogP contribution is 2.27. The molecule has 0 spiro atoms. The van der Waals surface area contributed by atoms with Gasteiger partial charge >= 0.3 is 0 Å². The summed E-state index contributed by atoms with van der Waals surface area (Å²) in [6.07, 6.45) is 0. The van der Waals surface area contributed by atoms with Gasteiger partial charge in [0, 0.05) is 29.7 Å². The molecular weight excluding hydrogens is 417 g/mol. The predicted octanol–water partition coefficient (Wildman–Crippen LogP) is 2.76. The van der Waals surface area contributed by atoms with Gasteiger partial charge in [-0.1, -0.05) is 24.3 Å². The standard InChI is InChI=1S/C18H20IN3O2/c19-14-5-1-2-6-15(14)20-18(24)13-21-9-11-22(12-10-21)16-7-3-4-8-17(16)23/h1-8,23H,9-13H2,(H,20,24). The van der Waals surface area contributed by atoms with Crippen LogP contribution in [0.15, 0.2) is 48.5 Å². The maximum Gasteiger partial charge on any atom is 0.238 e. The van der Waals surface area contributed by atoms with E-state index in [1.807, 2.05) is 42.5 Å². The third-order valence-corrected chi connectivity index (χ3v) is 5.05. The van der Waals surface area contributed by atoms with Crippen molar-refractivity contribution in [2.45, 2.75) is 0 Å². The highest BCUT2D eigenvalue weighted by molar-refractivity contribution is 14.1. The van der Waals surface area contributed by atoms with Crippen molar-refractivity contribution in [1.82, 2.24) is 4.90 Å². The minimum absolute atomic E-state index is 0.00937. The number of nitrogens with one attached hydrogen (secondary N) is 1. The van der Waals surface area contributed by atoms with E-state index in [1.165, 1.54) is 0 Å². The summed E-state index contributed by atoms with van der Waals surface area (Å²) in [7, 11) is 0. The van der Waals surface area contributed by atoms with Gasteiger partial charge in [-0.3, -0.25) is 9.69 Å². The maximum absolute atomic E-state index is 12.2. The lowest BCUT2D eigenvalue weighted by Crippen LogP contribution is -2.48. The summed E-state index contributed by atoms with van der Waals surface area (Å²) >= 11 is 2.22. The number of phenolic OH excluding ortho intramolecular Hbond substituents is 1. The molecule has 2 aromatic rings. The Morgan fingerprint density at radius 2 is 1.71 bits per heavy atom. The Morgan fingerprint density at radius 3 is 2.42 bits per heavy atom. The van der Waals surface area contributed by atoms with Crippen LogP contribution >= 0.6 is 22.6 Å². The van der Waals surface area contributed by atoms with Crippen LogP contribution in [0.1, 0.15) is 0 Å². The minimum Gasteiger partial charge on any atom is -0.506 e. The van der Waals surface area contributed by atoms with Crippen LogP contribution in [0.25, 0.3) is 0 Å². The van der Waals surface area contributed by atoms with Crippen LogP contribution in [0, 0.1) is 3.57 Å². The summed E-state index contributed by atoms with van der Waals surface area (Å²) in [6, 6.07) is 15.1. The Labute approximate surface area is 155 Å². The van der Waals surface area contributed by atoms with E-state index in [9.17, 15) is 9.90 Å². The van der Waals surface area contributed by atoms with Gasteiger partial charge in [-0.05, 0) is 46.9 Å². The van der Waals surface area contributed by atoms with Gasteiger partial charge in [0.15, 0.2) is 0 Å². The van der Waals surface area contributed by atoms with Crippen LogP contribution in [0.3, 0.4) is 0 Å². The molecule has 3 rings (SSSR count). The second-order valence-corrected chi connectivity index (χ2v) is 6.94. The fraction of sp³-hybridized carbons (Fsp3) is 0.278. The summed E-state index contributed by atoms with van der Waals surface area (Å²) in [5, 5.41) is 12.9. The molecular formula is C18H20IN3O2. The average Bonchev–Trinajstić information content (AvgIpc) is 2.58. The molecule has 1 heterocycles. The highest BCUT2D eigenvalue weighted by Gasteiger charge is 2.20. The van der Waals surface area contributed by atoms with Crippen molar-refractivity contribution in [3.05, 3.63) is 52.1 Å². The molecule has 0 radical (unpaired) electrons. The molecule has 6 heteroatoms. The zero-order chi connectivity index (χ0) is 16.9. The Hall–Kier alpha value is -1.80. The molecule has 2 aromatic carbocycles. The molecule has 126 valence electrons. The molecule has 5 nitrogen and oxygen atoms in total. The van der Waals surface area contributed by atoms with Gasteiger partial charge in [0.05, 0.1) is 17.9 Å². The number of nitrogens with zero attached hydrogens (tertiary/aromatic N) is 2. The number of hydrogen-bond donors (Lipinski definition) is 2. The van der Waals surface area contributed by atoms with E-state index < -0.39 is 0 Å². The number of anilines is 2. The van der Waals surface area contributed by atoms with Gasteiger partial charge < -0.3 is 15.3 Å². The molecule has 1 aliphatic heterocycles. The van der Waals surface area contributed by atoms with Crippen LogP contribution in [-0.4, -0.2) is 48.6 Å². The minimum atomic E-state index is 0.00937. The Morgan fingerprint density at radius 1 is 1.04 bits per heavy atom. The second-order valence-electron chi connectivity index (χ2n) is 5.78. The first kappa shape index (κ1) is 17.0. The first-order chi connectivity index (χ1) is 11.6. The van der Waals surface area contributed by atoms with Crippen molar-refractivity contribution in [1.29, 1.82) is 0 Å². The monoisotopic (exact) mass is 437 g/mol. The molecule has 24 heavy (non-hydrogen) atoms. The summed E-state index contributed by atoms with van der Waals surface area (Å²) < 4.78 is 1.04. The molecule has 0 saturated carbocycles. The van der Waals surface area contributed by atoms with E-state index in [0.717, 1.165) is 41.1 Å². The van der Waals surface area contributed by atoms with Crippen molar-refractivity contribution in [3.63, 3.8) is 0 Å². The molecule has 1 amide bonds. The van der Waals surface area contributed by atoms with Gasteiger partial charge in [0.25, 0.3) is 0 Å². The van der Waals surface area contributed by atoms with E-state index >= 15 is 0 Å². The highest BCUT2D eigenvalue weighted by atomic mass is 127. The quantitative estimate of drug-likeness (QED) is 0.723. The summed E-state index contributed by atoms with van der Waals surface area (Å²) in [5.41, 5.74) is 1.72. The molecule has 0 bridgehead atoms. The molecule has 1 fully saturated rings. The number of amides is 1. The lowest BCUT2D eigenvalue weighted by Gasteiger charge is -2.35. The summed E-state index contributed by atoms with van der Waals surface area (Å²) in [4.78, 5) is 16.5.